The van der Waals surface area contributed by atoms with Gasteiger partial charge >= 0.3 is 40.5 Å². The van der Waals surface area contributed by atoms with Crippen molar-refractivity contribution >= 4 is 27.2 Å². The number of hydrogen-bond donors (Lipinski definition) is 0. The predicted molar refractivity (Wildman–Crippen MR) is 47.7 cm³/mol. The summed E-state index contributed by atoms with van der Waals surface area (Å²) >= 11 is 6.25. The van der Waals surface area contributed by atoms with Crippen LogP contribution in [0.5, 0.6) is 0 Å². The van der Waals surface area contributed by atoms with Crippen molar-refractivity contribution in [1.82, 2.24) is 0 Å². The molecular weight excluding hydrogens is 297 g/mol. The molecule has 0 heterocycles. The molecule has 0 aliphatic heterocycles. The van der Waals surface area contributed by atoms with Gasteiger partial charge in [-0.3, -0.25) is 0 Å². The van der Waals surface area contributed by atoms with Crippen LogP contribution in [0.4, 0.5) is 0 Å². The molecule has 0 unspecified atom stereocenters. The van der Waals surface area contributed by atoms with Crippen LogP contribution in [0.25, 0.3) is 0 Å². The number of unbranched alkanes of at least 4 members (excludes halogenated alkanes) is 3. The van der Waals surface area contributed by atoms with Gasteiger partial charge in [-0.1, -0.05) is 39.5 Å². The van der Waals surface area contributed by atoms with E-state index in [1.165, 1.54) is 25.7 Å². The second-order valence-corrected chi connectivity index (χ2v) is 15.9. The molecule has 0 radical (unpaired) electrons. The first kappa shape index (κ1) is 13.2. The normalized spacial score (nSPS) is 7.11. The van der Waals surface area contributed by atoms with E-state index in [-0.39, 0.29) is 13.2 Å². The molecule has 0 aromatic heterocycles. The summed E-state index contributed by atoms with van der Waals surface area (Å²) in [6.45, 7) is 4.46. The third-order valence-electron chi connectivity index (χ3n) is 0.957. The van der Waals surface area contributed by atoms with E-state index < -0.39 is 0 Å². The van der Waals surface area contributed by atoms with Crippen molar-refractivity contribution in [1.29, 1.82) is 0 Å². The molecule has 0 N–H and O–H groups in total. The molecule has 0 aliphatic carbocycles. The van der Waals surface area contributed by atoms with Gasteiger partial charge in [0.25, 0.3) is 0 Å². The number of rotatable bonds is 3. The third-order valence-corrected chi connectivity index (χ3v) is 0.957. The van der Waals surface area contributed by atoms with Crippen molar-refractivity contribution in [3.05, 3.63) is 0 Å². The zero-order chi connectivity index (χ0) is 7.54. The Hall–Kier alpha value is 1.58. The van der Waals surface area contributed by atoms with E-state index in [9.17, 15) is 0 Å². The maximum atomic E-state index is 3.25. The van der Waals surface area contributed by atoms with E-state index in [1.807, 2.05) is 0 Å². The maximum absolute atomic E-state index is 3.25. The van der Waals surface area contributed by atoms with Gasteiger partial charge < -0.3 is 0 Å². The van der Waals surface area contributed by atoms with Crippen molar-refractivity contribution in [3.8, 4) is 0 Å². The zero-order valence-electron chi connectivity index (χ0n) is 6.29. The van der Waals surface area contributed by atoms with E-state index in [0.717, 1.165) is 0 Å². The Morgan fingerprint density at radius 3 is 1.33 bits per heavy atom. The van der Waals surface area contributed by atoms with Crippen LogP contribution in [0.15, 0.2) is 0 Å². The zero-order valence-corrected chi connectivity index (χ0v) is 12.4. The minimum absolute atomic E-state index is 0.250. The summed E-state index contributed by atoms with van der Waals surface area (Å²) in [6.07, 6.45) is 5.54. The first-order valence-corrected chi connectivity index (χ1v) is 17.3. The molecule has 0 saturated carbocycles. The molecule has 0 bridgehead atoms. The van der Waals surface area contributed by atoms with Crippen molar-refractivity contribution in [3.63, 3.8) is 0 Å². The fraction of sp³-hybridized carbons (Fsp3) is 1.00. The van der Waals surface area contributed by atoms with Crippen LogP contribution in [0.3, 0.4) is 0 Å². The SMILES string of the molecule is CCCCCC.[Br][Zn][Br]. The fourth-order valence-corrected chi connectivity index (χ4v) is 0.500. The van der Waals surface area contributed by atoms with Crippen LogP contribution in [0, 0.1) is 0 Å². The summed E-state index contributed by atoms with van der Waals surface area (Å²) in [5.41, 5.74) is 0. The van der Waals surface area contributed by atoms with Gasteiger partial charge in [0.1, 0.15) is 0 Å². The van der Waals surface area contributed by atoms with Gasteiger partial charge in [0.05, 0.1) is 0 Å². The van der Waals surface area contributed by atoms with Crippen LogP contribution >= 0.6 is 27.2 Å². The van der Waals surface area contributed by atoms with Crippen LogP contribution < -0.4 is 0 Å². The van der Waals surface area contributed by atoms with Crippen LogP contribution in [0.1, 0.15) is 39.5 Å². The first-order chi connectivity index (χ1) is 4.33. The van der Waals surface area contributed by atoms with E-state index in [4.69, 9.17) is 0 Å². The molecule has 9 heavy (non-hydrogen) atoms. The Bertz CT molecular complexity index is 30.2. The number of hydrogen-bond acceptors (Lipinski definition) is 0. The average molecular weight is 311 g/mol. The summed E-state index contributed by atoms with van der Waals surface area (Å²) in [5, 5.41) is 0. The first-order valence-electron chi connectivity index (χ1n) is 3.45. The molecule has 0 fully saturated rings. The van der Waals surface area contributed by atoms with Gasteiger partial charge in [-0.2, -0.15) is 0 Å². The minimum atomic E-state index is -0.250. The molecule has 0 aliphatic rings. The summed E-state index contributed by atoms with van der Waals surface area (Å²) in [5.74, 6) is 0. The van der Waals surface area contributed by atoms with E-state index in [1.54, 1.807) is 0 Å². The Balaban J connectivity index is 0. The Morgan fingerprint density at radius 1 is 1.00 bits per heavy atom. The molecule has 0 aromatic rings. The Labute approximate surface area is 79.5 Å². The van der Waals surface area contributed by atoms with Crippen LogP contribution in [-0.2, 0) is 13.2 Å². The van der Waals surface area contributed by atoms with Gasteiger partial charge in [-0.15, -0.1) is 0 Å². The molecule has 54 valence electrons. The third kappa shape index (κ3) is 26.2. The van der Waals surface area contributed by atoms with Gasteiger partial charge in [0.2, 0.25) is 0 Å². The summed E-state index contributed by atoms with van der Waals surface area (Å²) in [6, 6.07) is 0. The fourth-order valence-electron chi connectivity index (χ4n) is 0.500. The molecule has 0 atom stereocenters. The topological polar surface area (TPSA) is 0 Å². The van der Waals surface area contributed by atoms with Gasteiger partial charge in [0.15, 0.2) is 0 Å². The Kier molecular flexibility index (Phi) is 23.9. The molecular formula is C6H14Br2Zn. The van der Waals surface area contributed by atoms with Crippen molar-refractivity contribution < 1.29 is 13.2 Å². The summed E-state index contributed by atoms with van der Waals surface area (Å²) < 4.78 is 0. The van der Waals surface area contributed by atoms with Crippen LogP contribution in [0.2, 0.25) is 0 Å². The predicted octanol–water partition coefficient (Wildman–Crippen LogP) is 4.28. The number of halogens is 2. The van der Waals surface area contributed by atoms with E-state index >= 15 is 0 Å². The second kappa shape index (κ2) is 16.3. The summed E-state index contributed by atoms with van der Waals surface area (Å²) in [4.78, 5) is 0. The van der Waals surface area contributed by atoms with Crippen LogP contribution in [-0.4, -0.2) is 0 Å². The molecule has 3 heteroatoms. The molecule has 0 rings (SSSR count). The van der Waals surface area contributed by atoms with Crippen molar-refractivity contribution in [2.75, 3.05) is 0 Å². The Morgan fingerprint density at radius 2 is 1.22 bits per heavy atom. The van der Waals surface area contributed by atoms with Crippen molar-refractivity contribution in [2.45, 2.75) is 39.5 Å². The summed E-state index contributed by atoms with van der Waals surface area (Å²) in [7, 11) is 0. The molecule has 0 saturated heterocycles. The van der Waals surface area contributed by atoms with Gasteiger partial charge in [-0.05, 0) is 0 Å². The molecule has 0 spiro atoms. The van der Waals surface area contributed by atoms with E-state index in [0.29, 0.717) is 0 Å². The second-order valence-electron chi connectivity index (χ2n) is 1.81. The van der Waals surface area contributed by atoms with Gasteiger partial charge in [-0.25, -0.2) is 0 Å². The van der Waals surface area contributed by atoms with E-state index in [2.05, 4.69) is 41.1 Å². The van der Waals surface area contributed by atoms with Gasteiger partial charge in [0, 0.05) is 0 Å². The average Bonchev–Trinajstić information content (AvgIpc) is 1.86. The molecule has 0 amide bonds. The standard InChI is InChI=1S/C6H14.2BrH.Zn/c1-3-5-6-4-2;;;/h3-6H2,1-2H3;2*1H;/q;;;+2/p-2. The monoisotopic (exact) mass is 308 g/mol. The quantitative estimate of drug-likeness (QED) is 0.539. The molecule has 0 nitrogen and oxygen atoms in total. The molecule has 0 aromatic carbocycles. The van der Waals surface area contributed by atoms with Crippen molar-refractivity contribution in [2.24, 2.45) is 0 Å².